The second kappa shape index (κ2) is 12.9. The van der Waals surface area contributed by atoms with E-state index in [1.54, 1.807) is 41.3 Å². The molecule has 2 heterocycles. The largest absolute Gasteiger partial charge is 0.496 e. The molecule has 3 N–H and O–H groups in total. The topological polar surface area (TPSA) is 153 Å². The third-order valence-electron chi connectivity index (χ3n) is 7.02. The molecule has 1 aromatic heterocycles. The first kappa shape index (κ1) is 30.2. The molecule has 0 saturated carbocycles. The third kappa shape index (κ3) is 5.86. The van der Waals surface area contributed by atoms with E-state index in [4.69, 9.17) is 31.5 Å². The first-order valence-electron chi connectivity index (χ1n) is 13.1. The van der Waals surface area contributed by atoms with Crippen molar-refractivity contribution in [1.29, 1.82) is 5.26 Å². The molecule has 2 aromatic carbocycles. The number of nitrogens with one attached hydrogen (secondary N) is 1. The van der Waals surface area contributed by atoms with E-state index in [0.717, 1.165) is 0 Å². The number of hydrogen-bond acceptors (Lipinski definition) is 12. The summed E-state index contributed by atoms with van der Waals surface area (Å²) in [5.74, 6) is 0.369. The van der Waals surface area contributed by atoms with Gasteiger partial charge in [-0.3, -0.25) is 14.5 Å². The van der Waals surface area contributed by atoms with Gasteiger partial charge in [-0.1, -0.05) is 46.8 Å². The Bertz CT molecular complexity index is 1700. The molecule has 1 aliphatic heterocycles. The number of ether oxygens (including phenoxy) is 3. The van der Waals surface area contributed by atoms with Crippen LogP contribution in [0.2, 0.25) is 5.02 Å². The number of carbonyl (C=O) groups excluding carboxylic acids is 2. The number of ketones is 1. The van der Waals surface area contributed by atoms with Crippen molar-refractivity contribution in [3.63, 3.8) is 0 Å². The number of thioether (sulfide) groups is 1. The SMILES string of the molecule is COc1cc(OC)c(C2C(C#N)=C(N)N(c3nnc(SCC(=O)Nc4ccccc4Cl)s3)C3=C2C(=O)CCC3)cc1OC. The lowest BCUT2D eigenvalue weighted by Gasteiger charge is -2.38. The lowest BCUT2D eigenvalue weighted by atomic mass is 9.75. The Morgan fingerprint density at radius 3 is 2.58 bits per heavy atom. The summed E-state index contributed by atoms with van der Waals surface area (Å²) in [6.45, 7) is 0. The summed E-state index contributed by atoms with van der Waals surface area (Å²) in [6, 6.07) is 12.6. The number of methoxy groups -OCH3 is 3. The number of nitriles is 1. The molecule has 222 valence electrons. The number of halogens is 1. The van der Waals surface area contributed by atoms with Crippen LogP contribution < -0.4 is 30.2 Å². The maximum Gasteiger partial charge on any atom is 0.234 e. The van der Waals surface area contributed by atoms with Crippen molar-refractivity contribution in [2.75, 3.05) is 37.3 Å². The van der Waals surface area contributed by atoms with Crippen LogP contribution in [0.15, 0.2) is 63.4 Å². The van der Waals surface area contributed by atoms with Gasteiger partial charge in [0, 0.05) is 29.3 Å². The van der Waals surface area contributed by atoms with Crippen molar-refractivity contribution in [3.05, 3.63) is 69.6 Å². The molecule has 1 aliphatic carbocycles. The lowest BCUT2D eigenvalue weighted by Crippen LogP contribution is -2.38. The molecule has 3 aromatic rings. The normalized spacial score (nSPS) is 16.5. The van der Waals surface area contributed by atoms with Gasteiger partial charge in [0.2, 0.25) is 11.0 Å². The van der Waals surface area contributed by atoms with E-state index in [1.807, 2.05) is 0 Å². The summed E-state index contributed by atoms with van der Waals surface area (Å²) in [4.78, 5) is 27.7. The van der Waals surface area contributed by atoms with E-state index in [0.29, 0.717) is 73.5 Å². The summed E-state index contributed by atoms with van der Waals surface area (Å²) in [5.41, 5.74) is 9.04. The highest BCUT2D eigenvalue weighted by molar-refractivity contribution is 8.01. The molecular weight excluding hydrogens is 612 g/mol. The molecule has 14 heteroatoms. The van der Waals surface area contributed by atoms with Gasteiger partial charge in [0.1, 0.15) is 11.6 Å². The highest BCUT2D eigenvalue weighted by atomic mass is 35.5. The quantitative estimate of drug-likeness (QED) is 0.295. The fourth-order valence-electron chi connectivity index (χ4n) is 5.12. The first-order chi connectivity index (χ1) is 20.8. The molecule has 0 bridgehead atoms. The van der Waals surface area contributed by atoms with Gasteiger partial charge in [-0.05, 0) is 31.0 Å². The van der Waals surface area contributed by atoms with E-state index in [9.17, 15) is 14.9 Å². The molecule has 11 nitrogen and oxygen atoms in total. The third-order valence-corrected chi connectivity index (χ3v) is 9.39. The average Bonchev–Trinajstić information content (AvgIpc) is 3.48. The van der Waals surface area contributed by atoms with Crippen LogP contribution in [-0.2, 0) is 9.59 Å². The van der Waals surface area contributed by atoms with Crippen molar-refractivity contribution in [2.45, 2.75) is 29.5 Å². The average molecular weight is 639 g/mol. The van der Waals surface area contributed by atoms with Crippen LogP contribution in [0.5, 0.6) is 17.2 Å². The molecule has 2 aliphatic rings. The van der Waals surface area contributed by atoms with Gasteiger partial charge in [0.05, 0.1) is 55.4 Å². The van der Waals surface area contributed by atoms with Gasteiger partial charge in [0.15, 0.2) is 21.6 Å². The van der Waals surface area contributed by atoms with E-state index in [-0.39, 0.29) is 28.8 Å². The number of rotatable bonds is 9. The predicted molar refractivity (Wildman–Crippen MR) is 165 cm³/mol. The van der Waals surface area contributed by atoms with Gasteiger partial charge in [-0.2, -0.15) is 5.26 Å². The second-order valence-corrected chi connectivity index (χ2v) is 12.0. The number of carbonyl (C=O) groups is 2. The van der Waals surface area contributed by atoms with Gasteiger partial charge < -0.3 is 25.3 Å². The number of para-hydroxylation sites is 1. The molecule has 0 spiro atoms. The second-order valence-electron chi connectivity index (χ2n) is 9.43. The van der Waals surface area contributed by atoms with E-state index >= 15 is 0 Å². The number of amides is 1. The number of aromatic nitrogens is 2. The Balaban J connectivity index is 1.49. The van der Waals surface area contributed by atoms with Crippen LogP contribution in [-0.4, -0.2) is 49.0 Å². The zero-order valence-corrected chi connectivity index (χ0v) is 25.9. The minimum Gasteiger partial charge on any atom is -0.496 e. The molecule has 5 rings (SSSR count). The number of nitrogens with zero attached hydrogens (tertiary/aromatic N) is 4. The van der Waals surface area contributed by atoms with E-state index < -0.39 is 5.92 Å². The summed E-state index contributed by atoms with van der Waals surface area (Å²) in [7, 11) is 4.53. The minimum absolute atomic E-state index is 0.0717. The molecule has 0 saturated heterocycles. The summed E-state index contributed by atoms with van der Waals surface area (Å²) in [5, 5.41) is 22.5. The lowest BCUT2D eigenvalue weighted by molar-refractivity contribution is -0.116. The zero-order chi connectivity index (χ0) is 30.7. The Morgan fingerprint density at radius 2 is 1.88 bits per heavy atom. The van der Waals surface area contributed by atoms with E-state index in [2.05, 4.69) is 21.6 Å². The molecule has 0 fully saturated rings. The van der Waals surface area contributed by atoms with Gasteiger partial charge in [-0.25, -0.2) is 0 Å². The van der Waals surface area contributed by atoms with Crippen LogP contribution in [0, 0.1) is 11.3 Å². The maximum atomic E-state index is 13.5. The fraction of sp³-hybridized carbons (Fsp3) is 0.276. The monoisotopic (exact) mass is 638 g/mol. The Morgan fingerprint density at radius 1 is 1.16 bits per heavy atom. The van der Waals surface area contributed by atoms with Crippen LogP contribution in [0.25, 0.3) is 0 Å². The van der Waals surface area contributed by atoms with Gasteiger partial charge >= 0.3 is 0 Å². The number of benzene rings is 2. The smallest absolute Gasteiger partial charge is 0.234 e. The number of allylic oxidation sites excluding steroid dienone is 3. The molecule has 43 heavy (non-hydrogen) atoms. The van der Waals surface area contributed by atoms with Crippen LogP contribution in [0.3, 0.4) is 0 Å². The Labute approximate surface area is 261 Å². The molecule has 1 unspecified atom stereocenters. The van der Waals surface area contributed by atoms with Gasteiger partial charge in [-0.15, -0.1) is 10.2 Å². The van der Waals surface area contributed by atoms with Crippen molar-refractivity contribution < 1.29 is 23.8 Å². The van der Waals surface area contributed by atoms with Crippen molar-refractivity contribution in [3.8, 4) is 23.3 Å². The fourth-order valence-corrected chi connectivity index (χ4v) is 6.99. The number of anilines is 2. The van der Waals surface area contributed by atoms with Gasteiger partial charge in [0.25, 0.3) is 0 Å². The highest BCUT2D eigenvalue weighted by Gasteiger charge is 2.42. The zero-order valence-electron chi connectivity index (χ0n) is 23.5. The van der Waals surface area contributed by atoms with Crippen LogP contribution in [0.1, 0.15) is 30.7 Å². The standard InChI is InChI=1S/C29H27ClN6O5S2/c1-39-21-12-23(41-3)22(40-2)11-15(21)25-16(13-31)27(32)36(19-9-6-10-20(37)26(19)25)28-34-35-29(43-28)42-14-24(38)33-18-8-5-4-7-17(18)30/h4-5,7-8,11-12,25H,6,9-10,14,32H2,1-3H3,(H,33,38). The minimum atomic E-state index is -0.783. The molecular formula is C29H27ClN6O5S2. The number of nitrogens with two attached hydrogens (primary N) is 1. The summed E-state index contributed by atoms with van der Waals surface area (Å²) in [6.07, 6.45) is 1.48. The predicted octanol–water partition coefficient (Wildman–Crippen LogP) is 5.25. The first-order valence-corrected chi connectivity index (χ1v) is 15.3. The highest BCUT2D eigenvalue weighted by Crippen LogP contribution is 2.50. The molecule has 1 atom stereocenters. The Kier molecular flexibility index (Phi) is 9.10. The molecule has 1 amide bonds. The van der Waals surface area contributed by atoms with Crippen molar-refractivity contribution >= 4 is 57.2 Å². The van der Waals surface area contributed by atoms with Crippen LogP contribution in [0.4, 0.5) is 10.8 Å². The van der Waals surface area contributed by atoms with Crippen molar-refractivity contribution in [1.82, 2.24) is 10.2 Å². The van der Waals surface area contributed by atoms with Crippen LogP contribution >= 0.6 is 34.7 Å². The van der Waals surface area contributed by atoms with Crippen molar-refractivity contribution in [2.24, 2.45) is 5.73 Å². The summed E-state index contributed by atoms with van der Waals surface area (Å²) < 4.78 is 17.1. The Hall–Kier alpha value is -4.25. The maximum absolute atomic E-state index is 13.5. The molecule has 0 radical (unpaired) electrons. The van der Waals surface area contributed by atoms with E-state index in [1.165, 1.54) is 44.4 Å². The number of Topliss-reactive ketones (excluding diaryl/α,β-unsaturated/α-hetero) is 1. The summed E-state index contributed by atoms with van der Waals surface area (Å²) >= 11 is 8.55. The number of hydrogen-bond donors (Lipinski definition) is 2.